The fraction of sp³-hybridized carbons (Fsp3) is 0.200. The largest absolute Gasteiger partial charge is 0.142 e. The lowest BCUT2D eigenvalue weighted by molar-refractivity contribution is 1.17. The summed E-state index contributed by atoms with van der Waals surface area (Å²) >= 11 is 7.77. The van der Waals surface area contributed by atoms with Gasteiger partial charge >= 0.3 is 0 Å². The average molecular weight is 367 g/mol. The van der Waals surface area contributed by atoms with Gasteiger partial charge in [-0.1, -0.05) is 22.9 Å². The van der Waals surface area contributed by atoms with E-state index in [0.29, 0.717) is 0 Å². The molecule has 0 saturated carbocycles. The first-order chi connectivity index (χ1) is 6.22. The quantitative estimate of drug-likeness (QED) is 0.634. The molecule has 1 aromatic carbocycles. The Labute approximate surface area is 104 Å². The SMILES string of the molecule is CCc1csc2c(I)cc(Br)cc12. The molecule has 0 radical (unpaired) electrons. The maximum atomic E-state index is 3.53. The molecule has 1 heterocycles. The summed E-state index contributed by atoms with van der Waals surface area (Å²) in [5, 5.41) is 3.67. The normalized spacial score (nSPS) is 11.0. The van der Waals surface area contributed by atoms with Crippen LogP contribution in [0.3, 0.4) is 0 Å². The van der Waals surface area contributed by atoms with Crippen LogP contribution >= 0.6 is 49.9 Å². The molecule has 1 aromatic heterocycles. The number of rotatable bonds is 1. The number of fused-ring (bicyclic) bond motifs is 1. The van der Waals surface area contributed by atoms with Crippen molar-refractivity contribution in [3.8, 4) is 0 Å². The third kappa shape index (κ3) is 1.78. The fourth-order valence-electron chi connectivity index (χ4n) is 1.39. The van der Waals surface area contributed by atoms with E-state index in [0.717, 1.165) is 6.42 Å². The minimum absolute atomic E-state index is 1.12. The van der Waals surface area contributed by atoms with Crippen LogP contribution < -0.4 is 0 Å². The molecule has 0 spiro atoms. The first-order valence-corrected chi connectivity index (χ1v) is 6.82. The molecule has 0 N–H and O–H groups in total. The van der Waals surface area contributed by atoms with Crippen LogP contribution in [0, 0.1) is 3.57 Å². The molecule has 0 bridgehead atoms. The zero-order valence-corrected chi connectivity index (χ0v) is 11.7. The zero-order valence-electron chi connectivity index (χ0n) is 7.10. The summed E-state index contributed by atoms with van der Waals surface area (Å²) in [5.41, 5.74) is 1.46. The first-order valence-electron chi connectivity index (χ1n) is 4.07. The van der Waals surface area contributed by atoms with Crippen LogP contribution in [0.5, 0.6) is 0 Å². The lowest BCUT2D eigenvalue weighted by atomic mass is 10.1. The highest BCUT2D eigenvalue weighted by atomic mass is 127. The average Bonchev–Trinajstić information content (AvgIpc) is 2.47. The van der Waals surface area contributed by atoms with Crippen molar-refractivity contribution in [3.05, 3.63) is 31.1 Å². The summed E-state index contributed by atoms with van der Waals surface area (Å²) in [6.45, 7) is 2.20. The molecule has 0 fully saturated rings. The highest BCUT2D eigenvalue weighted by Crippen LogP contribution is 2.33. The van der Waals surface area contributed by atoms with E-state index in [9.17, 15) is 0 Å². The molecule has 0 aliphatic rings. The van der Waals surface area contributed by atoms with E-state index in [1.165, 1.54) is 23.7 Å². The van der Waals surface area contributed by atoms with Gasteiger partial charge in [0.2, 0.25) is 0 Å². The molecule has 0 aliphatic heterocycles. The van der Waals surface area contributed by atoms with Crippen molar-refractivity contribution in [1.29, 1.82) is 0 Å². The smallest absolute Gasteiger partial charge is 0.0479 e. The van der Waals surface area contributed by atoms with E-state index in [2.05, 4.69) is 63.0 Å². The molecule has 2 aromatic rings. The summed E-state index contributed by atoms with van der Waals surface area (Å²) < 4.78 is 3.94. The highest BCUT2D eigenvalue weighted by Gasteiger charge is 2.06. The van der Waals surface area contributed by atoms with Crippen LogP contribution in [0.25, 0.3) is 10.1 Å². The molecular formula is C10H8BrIS. The Kier molecular flexibility index (Phi) is 2.95. The maximum absolute atomic E-state index is 3.53. The van der Waals surface area contributed by atoms with Gasteiger partial charge in [0.1, 0.15) is 0 Å². The molecule has 0 aliphatic carbocycles. The van der Waals surface area contributed by atoms with Crippen LogP contribution in [0.2, 0.25) is 0 Å². The Morgan fingerprint density at radius 3 is 2.92 bits per heavy atom. The van der Waals surface area contributed by atoms with Crippen LogP contribution in [0.4, 0.5) is 0 Å². The van der Waals surface area contributed by atoms with Crippen molar-refractivity contribution in [2.75, 3.05) is 0 Å². The van der Waals surface area contributed by atoms with Crippen molar-refractivity contribution in [2.24, 2.45) is 0 Å². The predicted molar refractivity (Wildman–Crippen MR) is 71.6 cm³/mol. The number of aryl methyl sites for hydroxylation is 1. The van der Waals surface area contributed by atoms with Gasteiger partial charge in [0.15, 0.2) is 0 Å². The molecule has 13 heavy (non-hydrogen) atoms. The van der Waals surface area contributed by atoms with Crippen molar-refractivity contribution in [3.63, 3.8) is 0 Å². The van der Waals surface area contributed by atoms with E-state index >= 15 is 0 Å². The van der Waals surface area contributed by atoms with Crippen molar-refractivity contribution in [1.82, 2.24) is 0 Å². The summed E-state index contributed by atoms with van der Waals surface area (Å²) in [7, 11) is 0. The monoisotopic (exact) mass is 366 g/mol. The predicted octanol–water partition coefficient (Wildman–Crippen LogP) is 4.83. The summed E-state index contributed by atoms with van der Waals surface area (Å²) in [4.78, 5) is 0. The Morgan fingerprint density at radius 1 is 1.46 bits per heavy atom. The summed E-state index contributed by atoms with van der Waals surface area (Å²) in [6.07, 6.45) is 1.12. The van der Waals surface area contributed by atoms with Crippen molar-refractivity contribution >= 4 is 59.9 Å². The van der Waals surface area contributed by atoms with E-state index in [-0.39, 0.29) is 0 Å². The Morgan fingerprint density at radius 2 is 2.23 bits per heavy atom. The second-order valence-corrected chi connectivity index (χ2v) is 5.84. The molecule has 0 atom stereocenters. The van der Waals surface area contributed by atoms with Crippen LogP contribution in [0.1, 0.15) is 12.5 Å². The number of hydrogen-bond donors (Lipinski definition) is 0. The fourth-order valence-corrected chi connectivity index (χ4v) is 4.32. The van der Waals surface area contributed by atoms with Crippen LogP contribution in [-0.2, 0) is 6.42 Å². The molecule has 0 nitrogen and oxygen atoms in total. The third-order valence-corrected chi connectivity index (χ3v) is 4.81. The van der Waals surface area contributed by atoms with Gasteiger partial charge in [-0.05, 0) is 57.5 Å². The highest BCUT2D eigenvalue weighted by molar-refractivity contribution is 14.1. The van der Waals surface area contributed by atoms with Gasteiger partial charge in [-0.15, -0.1) is 11.3 Å². The minimum atomic E-state index is 1.12. The third-order valence-electron chi connectivity index (χ3n) is 2.05. The number of benzene rings is 1. The van der Waals surface area contributed by atoms with Gasteiger partial charge < -0.3 is 0 Å². The lowest BCUT2D eigenvalue weighted by Gasteiger charge is -1.98. The second kappa shape index (κ2) is 3.87. The van der Waals surface area contributed by atoms with E-state index in [4.69, 9.17) is 0 Å². The summed E-state index contributed by atoms with van der Waals surface area (Å²) in [6, 6.07) is 4.38. The molecule has 0 saturated heterocycles. The Hall–Kier alpha value is 0.390. The maximum Gasteiger partial charge on any atom is 0.0479 e. The Balaban J connectivity index is 2.82. The van der Waals surface area contributed by atoms with Crippen LogP contribution in [0.15, 0.2) is 22.0 Å². The Bertz CT molecular complexity index is 447. The standard InChI is InChI=1S/C10H8BrIS/c1-2-6-5-13-10-8(6)3-7(11)4-9(10)12/h3-5H,2H2,1H3. The van der Waals surface area contributed by atoms with E-state index < -0.39 is 0 Å². The molecule has 0 amide bonds. The van der Waals surface area contributed by atoms with Gasteiger partial charge in [-0.25, -0.2) is 0 Å². The van der Waals surface area contributed by atoms with Crippen molar-refractivity contribution < 1.29 is 0 Å². The topological polar surface area (TPSA) is 0 Å². The number of halogens is 2. The molecule has 0 unspecified atom stereocenters. The van der Waals surface area contributed by atoms with Crippen molar-refractivity contribution in [2.45, 2.75) is 13.3 Å². The zero-order chi connectivity index (χ0) is 9.42. The number of thiophene rings is 1. The first kappa shape index (κ1) is 9.93. The minimum Gasteiger partial charge on any atom is -0.142 e. The lowest BCUT2D eigenvalue weighted by Crippen LogP contribution is -1.77. The molecule has 3 heteroatoms. The van der Waals surface area contributed by atoms with Gasteiger partial charge in [0.25, 0.3) is 0 Å². The van der Waals surface area contributed by atoms with Gasteiger partial charge in [-0.3, -0.25) is 0 Å². The number of hydrogen-bond acceptors (Lipinski definition) is 1. The van der Waals surface area contributed by atoms with Gasteiger partial charge in [-0.2, -0.15) is 0 Å². The van der Waals surface area contributed by atoms with E-state index in [1.54, 1.807) is 0 Å². The molecular weight excluding hydrogens is 359 g/mol. The van der Waals surface area contributed by atoms with Crippen LogP contribution in [-0.4, -0.2) is 0 Å². The van der Waals surface area contributed by atoms with Gasteiger partial charge in [0.05, 0.1) is 0 Å². The van der Waals surface area contributed by atoms with E-state index in [1.807, 2.05) is 11.3 Å². The molecule has 2 rings (SSSR count). The van der Waals surface area contributed by atoms with Gasteiger partial charge in [0, 0.05) is 12.7 Å². The summed E-state index contributed by atoms with van der Waals surface area (Å²) in [5.74, 6) is 0. The second-order valence-electron chi connectivity index (χ2n) is 2.88. The molecule has 68 valence electrons.